The van der Waals surface area contributed by atoms with Crippen LogP contribution in [-0.4, -0.2) is 46.4 Å². The number of aromatic nitrogens is 2. The fourth-order valence-corrected chi connectivity index (χ4v) is 3.26. The van der Waals surface area contributed by atoms with Crippen molar-refractivity contribution >= 4 is 11.7 Å². The third kappa shape index (κ3) is 4.60. The van der Waals surface area contributed by atoms with E-state index in [2.05, 4.69) is 29.3 Å². The van der Waals surface area contributed by atoms with E-state index < -0.39 is 5.60 Å². The molecule has 2 aromatic heterocycles. The minimum atomic E-state index is -0.994. The van der Waals surface area contributed by atoms with Crippen LogP contribution in [0.15, 0.2) is 35.0 Å². The molecule has 0 aliphatic carbocycles. The number of aliphatic hydroxyl groups is 1. The van der Waals surface area contributed by atoms with Crippen LogP contribution in [0.25, 0.3) is 0 Å². The molecule has 2 aromatic rings. The minimum absolute atomic E-state index is 0.162. The summed E-state index contributed by atoms with van der Waals surface area (Å²) in [5.41, 5.74) is -0.227. The van der Waals surface area contributed by atoms with E-state index in [1.807, 2.05) is 23.1 Å². The van der Waals surface area contributed by atoms with E-state index in [-0.39, 0.29) is 18.2 Å². The van der Waals surface area contributed by atoms with Crippen LogP contribution in [0, 0.1) is 5.92 Å². The molecule has 7 nitrogen and oxygen atoms in total. The smallest absolute Gasteiger partial charge is 0.290 e. The van der Waals surface area contributed by atoms with Gasteiger partial charge in [0.2, 0.25) is 5.76 Å². The molecule has 3 rings (SSSR count). The van der Waals surface area contributed by atoms with Crippen LogP contribution in [0.4, 0.5) is 5.82 Å². The number of hydrogen-bond acceptors (Lipinski definition) is 6. The Bertz CT molecular complexity index is 731. The molecule has 0 unspecified atom stereocenters. The second-order valence-electron chi connectivity index (χ2n) is 7.40. The average Bonchev–Trinajstić information content (AvgIpc) is 3.08. The molecule has 1 atom stereocenters. The Morgan fingerprint density at radius 2 is 2.31 bits per heavy atom. The molecule has 0 bridgehead atoms. The van der Waals surface area contributed by atoms with Gasteiger partial charge in [-0.25, -0.2) is 4.98 Å². The summed E-state index contributed by atoms with van der Waals surface area (Å²) in [5, 5.41) is 17.6. The maximum absolute atomic E-state index is 12.3. The summed E-state index contributed by atoms with van der Waals surface area (Å²) in [7, 11) is 0. The van der Waals surface area contributed by atoms with Crippen molar-refractivity contribution < 1.29 is 14.4 Å². The zero-order chi connectivity index (χ0) is 18.6. The molecule has 0 radical (unpaired) electrons. The normalized spacial score (nSPS) is 20.4. The summed E-state index contributed by atoms with van der Waals surface area (Å²) in [6.07, 6.45) is 3.97. The highest BCUT2D eigenvalue weighted by atomic mass is 16.5. The largest absolute Gasteiger partial charge is 0.386 e. The quantitative estimate of drug-likeness (QED) is 0.821. The molecule has 0 spiro atoms. The first-order valence-corrected chi connectivity index (χ1v) is 9.07. The number of carbonyl (C=O) groups excluding carboxylic acids is 1. The third-order valence-corrected chi connectivity index (χ3v) is 4.51. The van der Waals surface area contributed by atoms with Crippen LogP contribution in [0.5, 0.6) is 0 Å². The molecule has 1 amide bonds. The number of rotatable bonds is 6. The molecular formula is C19H26N4O3. The van der Waals surface area contributed by atoms with Crippen molar-refractivity contribution in [3.63, 3.8) is 0 Å². The topological polar surface area (TPSA) is 91.5 Å². The molecule has 7 heteroatoms. The summed E-state index contributed by atoms with van der Waals surface area (Å²) >= 11 is 0. The Labute approximate surface area is 153 Å². The SMILES string of the molecule is CC(C)Cc1cc(C(=O)NC[C@]2(O)CCCN(c3ccccn3)C2)on1. The Kier molecular flexibility index (Phi) is 5.56. The van der Waals surface area contributed by atoms with Gasteiger partial charge < -0.3 is 19.8 Å². The number of amides is 1. The van der Waals surface area contributed by atoms with Gasteiger partial charge in [-0.15, -0.1) is 0 Å². The molecule has 1 aliphatic rings. The number of piperidine rings is 1. The van der Waals surface area contributed by atoms with Gasteiger partial charge in [-0.1, -0.05) is 25.1 Å². The highest BCUT2D eigenvalue weighted by molar-refractivity contribution is 5.91. The van der Waals surface area contributed by atoms with Gasteiger partial charge in [-0.2, -0.15) is 0 Å². The lowest BCUT2D eigenvalue weighted by molar-refractivity contribution is 0.0250. The first-order chi connectivity index (χ1) is 12.5. The lowest BCUT2D eigenvalue weighted by Crippen LogP contribution is -2.54. The van der Waals surface area contributed by atoms with Gasteiger partial charge in [-0.05, 0) is 37.3 Å². The van der Waals surface area contributed by atoms with E-state index >= 15 is 0 Å². The van der Waals surface area contributed by atoms with Crippen LogP contribution < -0.4 is 10.2 Å². The summed E-state index contributed by atoms with van der Waals surface area (Å²) < 4.78 is 5.13. The van der Waals surface area contributed by atoms with Gasteiger partial charge in [0.25, 0.3) is 5.91 Å². The zero-order valence-electron chi connectivity index (χ0n) is 15.3. The van der Waals surface area contributed by atoms with Crippen molar-refractivity contribution in [2.45, 2.75) is 38.7 Å². The fourth-order valence-electron chi connectivity index (χ4n) is 3.26. The van der Waals surface area contributed by atoms with Crippen molar-refractivity contribution in [2.24, 2.45) is 5.92 Å². The van der Waals surface area contributed by atoms with E-state index in [1.165, 1.54) is 0 Å². The lowest BCUT2D eigenvalue weighted by Gasteiger charge is -2.39. The highest BCUT2D eigenvalue weighted by Gasteiger charge is 2.34. The lowest BCUT2D eigenvalue weighted by atomic mass is 9.92. The predicted octanol–water partition coefficient (Wildman–Crippen LogP) is 2.03. The maximum Gasteiger partial charge on any atom is 0.290 e. The molecule has 1 fully saturated rings. The monoisotopic (exact) mass is 358 g/mol. The van der Waals surface area contributed by atoms with E-state index in [0.717, 1.165) is 30.9 Å². The molecule has 1 saturated heterocycles. The van der Waals surface area contributed by atoms with Crippen LogP contribution in [-0.2, 0) is 6.42 Å². The van der Waals surface area contributed by atoms with Crippen LogP contribution in [0.3, 0.4) is 0 Å². The third-order valence-electron chi connectivity index (χ3n) is 4.51. The number of pyridine rings is 1. The summed E-state index contributed by atoms with van der Waals surface area (Å²) in [6, 6.07) is 7.39. The van der Waals surface area contributed by atoms with Crippen molar-refractivity contribution in [3.8, 4) is 0 Å². The predicted molar refractivity (Wildman–Crippen MR) is 98.0 cm³/mol. The average molecular weight is 358 g/mol. The molecule has 0 saturated carbocycles. The standard InChI is InChI=1S/C19H26N4O3/c1-14(2)10-15-11-16(26-22-15)18(24)21-12-19(25)7-5-9-23(13-19)17-6-3-4-8-20-17/h3-4,6,8,11,14,25H,5,7,9-10,12-13H2,1-2H3,(H,21,24)/t19-/m1/s1. The first kappa shape index (κ1) is 18.4. The van der Waals surface area contributed by atoms with Gasteiger partial charge in [0.15, 0.2) is 0 Å². The van der Waals surface area contributed by atoms with E-state index in [0.29, 0.717) is 18.9 Å². The van der Waals surface area contributed by atoms with E-state index in [1.54, 1.807) is 12.3 Å². The highest BCUT2D eigenvalue weighted by Crippen LogP contribution is 2.24. The number of anilines is 1. The van der Waals surface area contributed by atoms with Crippen LogP contribution in [0.1, 0.15) is 42.9 Å². The van der Waals surface area contributed by atoms with Crippen molar-refractivity contribution in [1.82, 2.24) is 15.5 Å². The first-order valence-electron chi connectivity index (χ1n) is 9.07. The molecule has 0 aromatic carbocycles. The minimum Gasteiger partial charge on any atom is -0.386 e. The van der Waals surface area contributed by atoms with Gasteiger partial charge in [0, 0.05) is 31.9 Å². The van der Waals surface area contributed by atoms with Gasteiger partial charge in [0.1, 0.15) is 5.82 Å². The second-order valence-corrected chi connectivity index (χ2v) is 7.40. The maximum atomic E-state index is 12.3. The molecule has 140 valence electrons. The van der Waals surface area contributed by atoms with Gasteiger partial charge >= 0.3 is 0 Å². The Hall–Kier alpha value is -2.41. The number of nitrogens with one attached hydrogen (secondary N) is 1. The fraction of sp³-hybridized carbons (Fsp3) is 0.526. The number of carbonyl (C=O) groups is 1. The van der Waals surface area contributed by atoms with Crippen LogP contribution in [0.2, 0.25) is 0 Å². The van der Waals surface area contributed by atoms with E-state index in [4.69, 9.17) is 4.52 Å². The Balaban J connectivity index is 1.57. The van der Waals surface area contributed by atoms with Crippen molar-refractivity contribution in [3.05, 3.63) is 41.9 Å². The Morgan fingerprint density at radius 1 is 1.46 bits per heavy atom. The van der Waals surface area contributed by atoms with E-state index in [9.17, 15) is 9.90 Å². The second kappa shape index (κ2) is 7.86. The van der Waals surface area contributed by atoms with Gasteiger partial charge in [-0.3, -0.25) is 4.79 Å². The molecule has 26 heavy (non-hydrogen) atoms. The summed E-state index contributed by atoms with van der Waals surface area (Å²) in [4.78, 5) is 18.7. The van der Waals surface area contributed by atoms with Crippen LogP contribution >= 0.6 is 0 Å². The Morgan fingerprint density at radius 3 is 3.04 bits per heavy atom. The number of β-amino-alcohol motifs (C(OH)–C–C–N with tert-alkyl or cyclic N) is 1. The summed E-state index contributed by atoms with van der Waals surface area (Å²) in [6.45, 7) is 5.60. The molecule has 3 heterocycles. The summed E-state index contributed by atoms with van der Waals surface area (Å²) in [5.74, 6) is 1.11. The number of hydrogen-bond donors (Lipinski definition) is 2. The number of nitrogens with zero attached hydrogens (tertiary/aromatic N) is 3. The molecule has 2 N–H and O–H groups in total. The van der Waals surface area contributed by atoms with Crippen molar-refractivity contribution in [2.75, 3.05) is 24.5 Å². The molecular weight excluding hydrogens is 332 g/mol. The van der Waals surface area contributed by atoms with Crippen molar-refractivity contribution in [1.29, 1.82) is 0 Å². The zero-order valence-corrected chi connectivity index (χ0v) is 15.3. The molecule has 1 aliphatic heterocycles. The van der Waals surface area contributed by atoms with Gasteiger partial charge in [0.05, 0.1) is 11.3 Å².